The Labute approximate surface area is 116 Å². The fourth-order valence-electron chi connectivity index (χ4n) is 2.66. The summed E-state index contributed by atoms with van der Waals surface area (Å²) in [5, 5.41) is 12.5. The van der Waals surface area contributed by atoms with Crippen LogP contribution in [0.1, 0.15) is 51.7 Å². The van der Waals surface area contributed by atoms with Gasteiger partial charge in [-0.15, -0.1) is 0 Å². The Morgan fingerprint density at radius 3 is 2.42 bits per heavy atom. The van der Waals surface area contributed by atoms with E-state index in [-0.39, 0.29) is 5.41 Å². The van der Waals surface area contributed by atoms with Crippen LogP contribution >= 0.6 is 0 Å². The number of aromatic hydroxyl groups is 1. The van der Waals surface area contributed by atoms with E-state index in [1.807, 2.05) is 6.07 Å². The van der Waals surface area contributed by atoms with Crippen molar-refractivity contribution in [3.05, 3.63) is 41.5 Å². The zero-order chi connectivity index (χ0) is 14.0. The zero-order valence-electron chi connectivity index (χ0n) is 12.5. The molecular weight excluding hydrogens is 232 g/mol. The highest BCUT2D eigenvalue weighted by Crippen LogP contribution is 2.37. The topological polar surface area (TPSA) is 20.2 Å². The summed E-state index contributed by atoms with van der Waals surface area (Å²) < 4.78 is 0. The van der Waals surface area contributed by atoms with E-state index in [9.17, 15) is 5.11 Å². The van der Waals surface area contributed by atoms with Crippen LogP contribution in [-0.2, 0) is 11.8 Å². The third-order valence-electron chi connectivity index (χ3n) is 3.72. The second-order valence-corrected chi connectivity index (χ2v) is 6.33. The smallest absolute Gasteiger partial charge is 0.123 e. The first kappa shape index (κ1) is 13.9. The van der Waals surface area contributed by atoms with Crippen LogP contribution in [0.5, 0.6) is 5.75 Å². The van der Waals surface area contributed by atoms with E-state index in [1.165, 1.54) is 29.4 Å². The molecule has 0 bridgehead atoms. The molecule has 0 unspecified atom stereocenters. The molecule has 0 saturated heterocycles. The van der Waals surface area contributed by atoms with Gasteiger partial charge < -0.3 is 5.11 Å². The lowest BCUT2D eigenvalue weighted by Crippen LogP contribution is -2.11. The maximum atomic E-state index is 10.3. The van der Waals surface area contributed by atoms with E-state index in [2.05, 4.69) is 52.0 Å². The molecule has 0 aromatic heterocycles. The van der Waals surface area contributed by atoms with Gasteiger partial charge >= 0.3 is 0 Å². The van der Waals surface area contributed by atoms with Gasteiger partial charge in [0.2, 0.25) is 0 Å². The third-order valence-corrected chi connectivity index (χ3v) is 3.72. The second kappa shape index (κ2) is 5.24. The van der Waals surface area contributed by atoms with E-state index in [0.29, 0.717) is 5.75 Å². The molecule has 0 aliphatic heterocycles. The maximum absolute atomic E-state index is 10.3. The Hall–Kier alpha value is -1.50. The van der Waals surface area contributed by atoms with Crippen molar-refractivity contribution < 1.29 is 5.11 Å². The number of hydrogen-bond acceptors (Lipinski definition) is 1. The number of rotatable bonds is 3. The van der Waals surface area contributed by atoms with Crippen LogP contribution in [0.4, 0.5) is 0 Å². The Kier molecular flexibility index (Phi) is 3.84. The molecule has 0 heterocycles. The quantitative estimate of drug-likeness (QED) is 0.801. The average Bonchev–Trinajstić information content (AvgIpc) is 2.36. The van der Waals surface area contributed by atoms with Crippen LogP contribution in [0.25, 0.3) is 10.8 Å². The lowest BCUT2D eigenvalue weighted by molar-refractivity contribution is 0.479. The molecule has 1 nitrogen and oxygen atoms in total. The predicted molar refractivity (Wildman–Crippen MR) is 82.9 cm³/mol. The molecule has 1 heteroatoms. The van der Waals surface area contributed by atoms with Gasteiger partial charge in [-0.3, -0.25) is 0 Å². The lowest BCUT2D eigenvalue weighted by Gasteiger charge is -2.22. The van der Waals surface area contributed by atoms with Crippen molar-refractivity contribution >= 4 is 10.8 Å². The molecule has 0 aliphatic rings. The fourth-order valence-corrected chi connectivity index (χ4v) is 2.66. The van der Waals surface area contributed by atoms with Crippen LogP contribution in [0, 0.1) is 0 Å². The Bertz CT molecular complexity index is 576. The molecule has 2 aromatic rings. The van der Waals surface area contributed by atoms with Crippen molar-refractivity contribution in [3.8, 4) is 5.75 Å². The minimum absolute atomic E-state index is 0.0420. The van der Waals surface area contributed by atoms with Crippen LogP contribution in [0.3, 0.4) is 0 Å². The van der Waals surface area contributed by atoms with Crippen LogP contribution in [0.15, 0.2) is 30.3 Å². The number of phenolic OH excluding ortho intramolecular Hbond substituents is 1. The first-order chi connectivity index (χ1) is 8.95. The summed E-state index contributed by atoms with van der Waals surface area (Å²) in [7, 11) is 0. The molecule has 0 aliphatic carbocycles. The van der Waals surface area contributed by atoms with Crippen LogP contribution < -0.4 is 0 Å². The molecule has 0 radical (unpaired) electrons. The Morgan fingerprint density at radius 1 is 1.05 bits per heavy atom. The van der Waals surface area contributed by atoms with E-state index in [1.54, 1.807) is 0 Å². The van der Waals surface area contributed by atoms with Crippen LogP contribution in [0.2, 0.25) is 0 Å². The monoisotopic (exact) mass is 256 g/mol. The highest BCUT2D eigenvalue weighted by atomic mass is 16.3. The normalized spacial score (nSPS) is 12.0. The molecule has 1 N–H and O–H groups in total. The maximum Gasteiger partial charge on any atom is 0.123 e. The summed E-state index contributed by atoms with van der Waals surface area (Å²) in [6.07, 6.45) is 3.47. The van der Waals surface area contributed by atoms with Crippen molar-refractivity contribution in [3.63, 3.8) is 0 Å². The second-order valence-electron chi connectivity index (χ2n) is 6.33. The first-order valence-corrected chi connectivity index (χ1v) is 7.19. The van der Waals surface area contributed by atoms with Crippen molar-refractivity contribution in [1.29, 1.82) is 0 Å². The number of benzene rings is 2. The molecule has 2 rings (SSSR count). The molecule has 102 valence electrons. The summed E-state index contributed by atoms with van der Waals surface area (Å²) in [5.74, 6) is 0.403. The SMILES string of the molecule is CCCCc1ccc(O)c2c(C(C)(C)C)cccc12. The van der Waals surface area contributed by atoms with Crippen LogP contribution in [-0.4, -0.2) is 5.11 Å². The standard InChI is InChI=1S/C18H24O/c1-5-6-8-13-11-12-16(19)17-14(13)9-7-10-15(17)18(2,3)4/h7,9-12,19H,5-6,8H2,1-4H3. The molecule has 0 saturated carbocycles. The highest BCUT2D eigenvalue weighted by Gasteiger charge is 2.19. The summed E-state index contributed by atoms with van der Waals surface area (Å²) in [6.45, 7) is 8.79. The van der Waals surface area contributed by atoms with Gasteiger partial charge in [0.1, 0.15) is 5.75 Å². The van der Waals surface area contributed by atoms with E-state index in [0.717, 1.165) is 11.8 Å². The van der Waals surface area contributed by atoms with Gasteiger partial charge in [0.25, 0.3) is 0 Å². The van der Waals surface area contributed by atoms with E-state index in [4.69, 9.17) is 0 Å². The largest absolute Gasteiger partial charge is 0.507 e. The van der Waals surface area contributed by atoms with Crippen molar-refractivity contribution in [1.82, 2.24) is 0 Å². The van der Waals surface area contributed by atoms with Gasteiger partial charge in [-0.2, -0.15) is 0 Å². The van der Waals surface area contributed by atoms with Gasteiger partial charge in [0, 0.05) is 5.39 Å². The Balaban J connectivity index is 2.68. The molecule has 0 atom stereocenters. The summed E-state index contributed by atoms with van der Waals surface area (Å²) in [4.78, 5) is 0. The van der Waals surface area contributed by atoms with Gasteiger partial charge in [0.05, 0.1) is 0 Å². The van der Waals surface area contributed by atoms with Gasteiger partial charge in [-0.05, 0) is 40.8 Å². The third kappa shape index (κ3) is 2.75. The number of hydrogen-bond donors (Lipinski definition) is 1. The van der Waals surface area contributed by atoms with Gasteiger partial charge in [0.15, 0.2) is 0 Å². The highest BCUT2D eigenvalue weighted by molar-refractivity contribution is 5.94. The van der Waals surface area contributed by atoms with Crippen molar-refractivity contribution in [2.24, 2.45) is 0 Å². The summed E-state index contributed by atoms with van der Waals surface area (Å²) in [6, 6.07) is 10.3. The molecule has 0 spiro atoms. The minimum Gasteiger partial charge on any atom is -0.507 e. The average molecular weight is 256 g/mol. The molecule has 0 amide bonds. The first-order valence-electron chi connectivity index (χ1n) is 7.19. The number of unbranched alkanes of at least 4 members (excludes halogenated alkanes) is 1. The zero-order valence-corrected chi connectivity index (χ0v) is 12.5. The number of fused-ring (bicyclic) bond motifs is 1. The molecular formula is C18H24O. The van der Waals surface area contributed by atoms with E-state index < -0.39 is 0 Å². The molecule has 0 fully saturated rings. The number of aryl methyl sites for hydroxylation is 1. The summed E-state index contributed by atoms with van der Waals surface area (Å²) in [5.41, 5.74) is 2.61. The predicted octanol–water partition coefficient (Wildman–Crippen LogP) is 5.19. The Morgan fingerprint density at radius 2 is 1.79 bits per heavy atom. The summed E-state index contributed by atoms with van der Waals surface area (Å²) >= 11 is 0. The van der Waals surface area contributed by atoms with E-state index >= 15 is 0 Å². The van der Waals surface area contributed by atoms with Gasteiger partial charge in [-0.1, -0.05) is 58.4 Å². The molecule has 2 aromatic carbocycles. The fraction of sp³-hybridized carbons (Fsp3) is 0.444. The van der Waals surface area contributed by atoms with Crippen molar-refractivity contribution in [2.75, 3.05) is 0 Å². The number of phenols is 1. The molecule has 19 heavy (non-hydrogen) atoms. The van der Waals surface area contributed by atoms with Gasteiger partial charge in [-0.25, -0.2) is 0 Å². The lowest BCUT2D eigenvalue weighted by atomic mass is 9.82. The minimum atomic E-state index is 0.0420. The van der Waals surface area contributed by atoms with Crippen molar-refractivity contribution in [2.45, 2.75) is 52.4 Å².